The van der Waals surface area contributed by atoms with E-state index in [-0.39, 0.29) is 17.0 Å². The summed E-state index contributed by atoms with van der Waals surface area (Å²) in [4.78, 5) is 24.3. The van der Waals surface area contributed by atoms with Gasteiger partial charge in [0.25, 0.3) is 6.43 Å². The summed E-state index contributed by atoms with van der Waals surface area (Å²) in [5.74, 6) is -1.19. The first kappa shape index (κ1) is 12.6. The van der Waals surface area contributed by atoms with Crippen molar-refractivity contribution in [3.8, 4) is 0 Å². The number of nitrogens with one attached hydrogen (secondary N) is 1. The van der Waals surface area contributed by atoms with Crippen LogP contribution in [-0.2, 0) is 10.6 Å². The zero-order valence-corrected chi connectivity index (χ0v) is 8.98. The molecule has 7 heteroatoms. The van der Waals surface area contributed by atoms with Gasteiger partial charge in [-0.2, -0.15) is 0 Å². The molecule has 0 saturated heterocycles. The average Bonchev–Trinajstić information content (AvgIpc) is 2.26. The van der Waals surface area contributed by atoms with Crippen LogP contribution in [0.3, 0.4) is 0 Å². The van der Waals surface area contributed by atoms with E-state index in [1.165, 1.54) is 0 Å². The van der Waals surface area contributed by atoms with Gasteiger partial charge in [0.1, 0.15) is 0 Å². The van der Waals surface area contributed by atoms with Crippen molar-refractivity contribution in [1.29, 1.82) is 0 Å². The average molecular weight is 252 g/mol. The Morgan fingerprint density at radius 1 is 1.62 bits per heavy atom. The minimum Gasteiger partial charge on any atom is -0.465 e. The van der Waals surface area contributed by atoms with Gasteiger partial charge in [0.15, 0.2) is 0 Å². The standard InChI is InChI=1S/C9H8ClF2NO3/c1-16-9(15)4-2-6(14)13-7(8(11)12)5(4)3-10/h2,8H,3H2,1H3,(H,13,14). The highest BCUT2D eigenvalue weighted by molar-refractivity contribution is 6.17. The molecule has 0 aliphatic rings. The smallest absolute Gasteiger partial charge is 0.338 e. The molecule has 1 heterocycles. The van der Waals surface area contributed by atoms with E-state index in [1.54, 1.807) is 0 Å². The van der Waals surface area contributed by atoms with Crippen LogP contribution in [0.5, 0.6) is 0 Å². The fourth-order valence-electron chi connectivity index (χ4n) is 1.23. The van der Waals surface area contributed by atoms with Gasteiger partial charge in [-0.1, -0.05) is 0 Å². The molecule has 16 heavy (non-hydrogen) atoms. The van der Waals surface area contributed by atoms with Crippen molar-refractivity contribution in [3.05, 3.63) is 33.2 Å². The molecule has 1 aromatic rings. The molecule has 0 saturated carbocycles. The quantitative estimate of drug-likeness (QED) is 0.659. The molecule has 0 atom stereocenters. The van der Waals surface area contributed by atoms with Crippen molar-refractivity contribution in [2.24, 2.45) is 0 Å². The largest absolute Gasteiger partial charge is 0.465 e. The van der Waals surface area contributed by atoms with Crippen LogP contribution < -0.4 is 5.56 Å². The van der Waals surface area contributed by atoms with E-state index in [1.807, 2.05) is 4.98 Å². The van der Waals surface area contributed by atoms with Crippen LogP contribution in [0.1, 0.15) is 28.0 Å². The van der Waals surface area contributed by atoms with Gasteiger partial charge in [0.05, 0.1) is 24.2 Å². The molecule has 0 fully saturated rings. The van der Waals surface area contributed by atoms with Gasteiger partial charge in [0.2, 0.25) is 5.56 Å². The Morgan fingerprint density at radius 3 is 2.69 bits per heavy atom. The van der Waals surface area contributed by atoms with E-state index in [2.05, 4.69) is 4.74 Å². The van der Waals surface area contributed by atoms with E-state index in [0.717, 1.165) is 13.2 Å². The van der Waals surface area contributed by atoms with Gasteiger partial charge < -0.3 is 9.72 Å². The number of pyridine rings is 1. The number of esters is 1. The molecule has 0 amide bonds. The normalized spacial score (nSPS) is 10.6. The summed E-state index contributed by atoms with van der Waals surface area (Å²) in [7, 11) is 1.09. The molecule has 1 aromatic heterocycles. The Bertz CT molecular complexity index is 459. The van der Waals surface area contributed by atoms with Crippen molar-refractivity contribution in [2.75, 3.05) is 7.11 Å². The first-order chi connectivity index (χ1) is 7.51. The van der Waals surface area contributed by atoms with E-state index in [9.17, 15) is 18.4 Å². The molecule has 88 valence electrons. The van der Waals surface area contributed by atoms with Crippen molar-refractivity contribution in [1.82, 2.24) is 4.98 Å². The van der Waals surface area contributed by atoms with Crippen LogP contribution in [0.2, 0.25) is 0 Å². The SMILES string of the molecule is COC(=O)c1cc(=O)[nH]c(C(F)F)c1CCl. The van der Waals surface area contributed by atoms with E-state index in [0.29, 0.717) is 0 Å². The van der Waals surface area contributed by atoms with Crippen LogP contribution in [0.15, 0.2) is 10.9 Å². The van der Waals surface area contributed by atoms with Gasteiger partial charge in [-0.25, -0.2) is 13.6 Å². The third-order valence-corrected chi connectivity index (χ3v) is 2.21. The molecule has 4 nitrogen and oxygen atoms in total. The number of ether oxygens (including phenoxy) is 1. The molecule has 0 radical (unpaired) electrons. The highest BCUT2D eigenvalue weighted by Gasteiger charge is 2.21. The Labute approximate surface area is 94.2 Å². The lowest BCUT2D eigenvalue weighted by Crippen LogP contribution is -2.17. The lowest BCUT2D eigenvalue weighted by Gasteiger charge is -2.09. The van der Waals surface area contributed by atoms with Gasteiger partial charge in [-0.3, -0.25) is 4.79 Å². The lowest BCUT2D eigenvalue weighted by atomic mass is 10.1. The molecule has 1 N–H and O–H groups in total. The van der Waals surface area contributed by atoms with Crippen molar-refractivity contribution < 1.29 is 18.3 Å². The van der Waals surface area contributed by atoms with Crippen LogP contribution in [0.25, 0.3) is 0 Å². The second-order valence-corrected chi connectivity index (χ2v) is 3.13. The number of carbonyl (C=O) groups is 1. The Morgan fingerprint density at radius 2 is 2.25 bits per heavy atom. The number of alkyl halides is 3. The zero-order chi connectivity index (χ0) is 12.3. The predicted molar refractivity (Wildman–Crippen MR) is 52.9 cm³/mol. The van der Waals surface area contributed by atoms with Crippen LogP contribution >= 0.6 is 11.6 Å². The van der Waals surface area contributed by atoms with Crippen LogP contribution in [0, 0.1) is 0 Å². The number of H-pyrrole nitrogens is 1. The maximum Gasteiger partial charge on any atom is 0.338 e. The Hall–Kier alpha value is -1.43. The Balaban J connectivity index is 3.48. The van der Waals surface area contributed by atoms with Gasteiger partial charge in [-0.15, -0.1) is 11.6 Å². The van der Waals surface area contributed by atoms with Crippen LogP contribution in [-0.4, -0.2) is 18.1 Å². The van der Waals surface area contributed by atoms with E-state index in [4.69, 9.17) is 11.6 Å². The molecular formula is C9H8ClF2NO3. The number of aromatic nitrogens is 1. The Kier molecular flexibility index (Phi) is 4.00. The maximum absolute atomic E-state index is 12.6. The summed E-state index contributed by atoms with van der Waals surface area (Å²) in [6.07, 6.45) is -2.91. The first-order valence-electron chi connectivity index (χ1n) is 4.19. The minimum absolute atomic E-state index is 0.122. The van der Waals surface area contributed by atoms with E-state index >= 15 is 0 Å². The molecule has 0 spiro atoms. The number of carbonyl (C=O) groups excluding carboxylic acids is 1. The molecular weight excluding hydrogens is 244 g/mol. The molecule has 0 aliphatic carbocycles. The highest BCUT2D eigenvalue weighted by Crippen LogP contribution is 2.23. The molecule has 1 rings (SSSR count). The second kappa shape index (κ2) is 5.07. The number of hydrogen-bond donors (Lipinski definition) is 1. The monoisotopic (exact) mass is 251 g/mol. The maximum atomic E-state index is 12.6. The summed E-state index contributed by atoms with van der Waals surface area (Å²) in [5.41, 5.74) is -1.81. The number of aromatic amines is 1. The summed E-state index contributed by atoms with van der Waals surface area (Å²) in [6, 6.07) is 0.884. The number of rotatable bonds is 3. The fraction of sp³-hybridized carbons (Fsp3) is 0.333. The lowest BCUT2D eigenvalue weighted by molar-refractivity contribution is 0.0598. The number of hydrogen-bond acceptors (Lipinski definition) is 3. The third-order valence-electron chi connectivity index (χ3n) is 1.94. The zero-order valence-electron chi connectivity index (χ0n) is 8.22. The summed E-state index contributed by atoms with van der Waals surface area (Å²) >= 11 is 5.47. The van der Waals surface area contributed by atoms with Gasteiger partial charge >= 0.3 is 5.97 Å². The van der Waals surface area contributed by atoms with Crippen molar-refractivity contribution >= 4 is 17.6 Å². The molecule has 0 aliphatic heterocycles. The van der Waals surface area contributed by atoms with E-state index < -0.39 is 23.6 Å². The minimum atomic E-state index is -2.91. The fourth-order valence-corrected chi connectivity index (χ4v) is 1.52. The second-order valence-electron chi connectivity index (χ2n) is 2.87. The summed E-state index contributed by atoms with van der Waals surface area (Å²) in [6.45, 7) is 0. The molecule has 0 aromatic carbocycles. The predicted octanol–water partition coefficient (Wildman–Crippen LogP) is 1.84. The molecule has 0 bridgehead atoms. The topological polar surface area (TPSA) is 59.2 Å². The highest BCUT2D eigenvalue weighted by atomic mass is 35.5. The van der Waals surface area contributed by atoms with Gasteiger partial charge in [0, 0.05) is 11.6 Å². The number of halogens is 3. The van der Waals surface area contributed by atoms with Crippen molar-refractivity contribution in [2.45, 2.75) is 12.3 Å². The summed E-state index contributed by atoms with van der Waals surface area (Å²) < 4.78 is 29.5. The third kappa shape index (κ3) is 2.38. The van der Waals surface area contributed by atoms with Gasteiger partial charge in [-0.05, 0) is 0 Å². The first-order valence-corrected chi connectivity index (χ1v) is 4.73. The molecule has 0 unspecified atom stereocenters. The number of methoxy groups -OCH3 is 1. The van der Waals surface area contributed by atoms with Crippen LogP contribution in [0.4, 0.5) is 8.78 Å². The summed E-state index contributed by atoms with van der Waals surface area (Å²) in [5, 5.41) is 0. The van der Waals surface area contributed by atoms with Crippen molar-refractivity contribution in [3.63, 3.8) is 0 Å².